The molecule has 1 aliphatic rings. The fourth-order valence-electron chi connectivity index (χ4n) is 2.53. The van der Waals surface area contributed by atoms with Crippen molar-refractivity contribution in [2.24, 2.45) is 0 Å². The first-order valence-electron chi connectivity index (χ1n) is 6.56. The Kier molecular flexibility index (Phi) is 5.00. The van der Waals surface area contributed by atoms with Gasteiger partial charge in [-0.2, -0.15) is 0 Å². The lowest BCUT2D eigenvalue weighted by Crippen LogP contribution is -3.10. The molecular weight excluding hydrogens is 328 g/mol. The summed E-state index contributed by atoms with van der Waals surface area (Å²) in [7, 11) is -1.18. The SMILES string of the molecule is C[NH+]1CCC[C@@H]1CCNS(=O)(=O)c1ccc(Br)cc1. The molecule has 2 N–H and O–H groups in total. The third-order valence-electron chi connectivity index (χ3n) is 3.73. The van der Waals surface area contributed by atoms with Crippen molar-refractivity contribution in [3.8, 4) is 0 Å². The van der Waals surface area contributed by atoms with Gasteiger partial charge in [0.15, 0.2) is 0 Å². The van der Waals surface area contributed by atoms with Gasteiger partial charge in [-0.15, -0.1) is 0 Å². The fraction of sp³-hybridized carbons (Fsp3) is 0.538. The maximum absolute atomic E-state index is 12.1. The van der Waals surface area contributed by atoms with E-state index in [2.05, 4.69) is 27.7 Å². The highest BCUT2D eigenvalue weighted by Gasteiger charge is 2.25. The summed E-state index contributed by atoms with van der Waals surface area (Å²) in [6.07, 6.45) is 3.35. The number of halogens is 1. The molecule has 1 aliphatic heterocycles. The first-order valence-corrected chi connectivity index (χ1v) is 8.84. The Hall–Kier alpha value is -0.430. The van der Waals surface area contributed by atoms with Crippen LogP contribution in [0.1, 0.15) is 19.3 Å². The van der Waals surface area contributed by atoms with Crippen molar-refractivity contribution in [2.45, 2.75) is 30.2 Å². The largest absolute Gasteiger partial charge is 0.335 e. The number of likely N-dealkylation sites (tertiary alicyclic amines) is 1. The molecule has 2 rings (SSSR count). The summed E-state index contributed by atoms with van der Waals surface area (Å²) in [4.78, 5) is 1.84. The lowest BCUT2D eigenvalue weighted by atomic mass is 10.1. The van der Waals surface area contributed by atoms with E-state index in [4.69, 9.17) is 0 Å². The summed E-state index contributed by atoms with van der Waals surface area (Å²) in [5.41, 5.74) is 0. The number of hydrogen-bond donors (Lipinski definition) is 2. The van der Waals surface area contributed by atoms with Crippen LogP contribution in [0.4, 0.5) is 0 Å². The third kappa shape index (κ3) is 4.02. The summed E-state index contributed by atoms with van der Waals surface area (Å²) in [5, 5.41) is 0. The molecule has 0 aromatic heterocycles. The molecule has 0 aliphatic carbocycles. The van der Waals surface area contributed by atoms with Crippen molar-refractivity contribution < 1.29 is 13.3 Å². The summed E-state index contributed by atoms with van der Waals surface area (Å²) in [6.45, 7) is 1.71. The molecule has 1 aromatic rings. The van der Waals surface area contributed by atoms with Crippen molar-refractivity contribution in [1.82, 2.24) is 4.72 Å². The quantitative estimate of drug-likeness (QED) is 0.827. The zero-order valence-electron chi connectivity index (χ0n) is 11.0. The van der Waals surface area contributed by atoms with Crippen molar-refractivity contribution >= 4 is 26.0 Å². The van der Waals surface area contributed by atoms with Gasteiger partial charge in [-0.1, -0.05) is 15.9 Å². The second kappa shape index (κ2) is 6.35. The minimum atomic E-state index is -3.37. The molecule has 0 radical (unpaired) electrons. The van der Waals surface area contributed by atoms with E-state index in [9.17, 15) is 8.42 Å². The minimum absolute atomic E-state index is 0.322. The highest BCUT2D eigenvalue weighted by molar-refractivity contribution is 9.10. The predicted octanol–water partition coefficient (Wildman–Crippen LogP) is 0.795. The predicted molar refractivity (Wildman–Crippen MR) is 78.7 cm³/mol. The Morgan fingerprint density at radius 1 is 1.37 bits per heavy atom. The highest BCUT2D eigenvalue weighted by atomic mass is 79.9. The molecule has 1 aromatic carbocycles. The van der Waals surface area contributed by atoms with Crippen molar-refractivity contribution in [3.05, 3.63) is 28.7 Å². The van der Waals surface area contributed by atoms with Crippen LogP contribution in [0.3, 0.4) is 0 Å². The average molecular weight is 348 g/mol. The van der Waals surface area contributed by atoms with Crippen LogP contribution in [-0.4, -0.2) is 34.6 Å². The highest BCUT2D eigenvalue weighted by Crippen LogP contribution is 2.14. The second-order valence-electron chi connectivity index (χ2n) is 5.08. The van der Waals surface area contributed by atoms with Gasteiger partial charge in [0.25, 0.3) is 0 Å². The van der Waals surface area contributed by atoms with E-state index in [0.29, 0.717) is 17.5 Å². The Balaban J connectivity index is 1.89. The van der Waals surface area contributed by atoms with Gasteiger partial charge >= 0.3 is 0 Å². The van der Waals surface area contributed by atoms with Gasteiger partial charge < -0.3 is 4.90 Å². The van der Waals surface area contributed by atoms with E-state index in [1.54, 1.807) is 24.3 Å². The van der Waals surface area contributed by atoms with E-state index < -0.39 is 10.0 Å². The van der Waals surface area contributed by atoms with Crippen LogP contribution in [-0.2, 0) is 10.0 Å². The van der Waals surface area contributed by atoms with E-state index in [1.807, 2.05) is 0 Å². The van der Waals surface area contributed by atoms with Crippen LogP contribution in [0.15, 0.2) is 33.6 Å². The Labute approximate surface area is 123 Å². The van der Waals surface area contributed by atoms with Gasteiger partial charge in [-0.05, 0) is 24.3 Å². The van der Waals surface area contributed by atoms with Gasteiger partial charge in [-0.25, -0.2) is 13.1 Å². The maximum Gasteiger partial charge on any atom is 0.240 e. The zero-order valence-corrected chi connectivity index (χ0v) is 13.4. The monoisotopic (exact) mass is 347 g/mol. The van der Waals surface area contributed by atoms with E-state index >= 15 is 0 Å². The number of rotatable bonds is 5. The van der Waals surface area contributed by atoms with Gasteiger partial charge in [0, 0.05) is 30.3 Å². The lowest BCUT2D eigenvalue weighted by molar-refractivity contribution is -0.892. The molecule has 2 atom stereocenters. The molecule has 1 saturated heterocycles. The first-order chi connectivity index (χ1) is 8.99. The Morgan fingerprint density at radius 3 is 2.63 bits per heavy atom. The maximum atomic E-state index is 12.1. The van der Waals surface area contributed by atoms with E-state index in [-0.39, 0.29) is 0 Å². The Bertz CT molecular complexity index is 516. The van der Waals surface area contributed by atoms with Crippen LogP contribution >= 0.6 is 15.9 Å². The molecule has 1 heterocycles. The molecule has 1 fully saturated rings. The fourth-order valence-corrected chi connectivity index (χ4v) is 3.85. The summed E-state index contributed by atoms with van der Waals surface area (Å²) >= 11 is 3.30. The normalized spacial score (nSPS) is 23.7. The Morgan fingerprint density at radius 2 is 2.05 bits per heavy atom. The summed E-state index contributed by atoms with van der Waals surface area (Å²) in [6, 6.07) is 7.29. The van der Waals surface area contributed by atoms with E-state index in [1.165, 1.54) is 24.3 Å². The van der Waals surface area contributed by atoms with Crippen molar-refractivity contribution in [2.75, 3.05) is 20.1 Å². The van der Waals surface area contributed by atoms with Crippen molar-refractivity contribution in [1.29, 1.82) is 0 Å². The molecule has 19 heavy (non-hydrogen) atoms. The van der Waals surface area contributed by atoms with Gasteiger partial charge in [0.05, 0.1) is 24.5 Å². The molecule has 6 heteroatoms. The third-order valence-corrected chi connectivity index (χ3v) is 5.74. The molecule has 106 valence electrons. The molecule has 0 amide bonds. The van der Waals surface area contributed by atoms with Crippen LogP contribution in [0.25, 0.3) is 0 Å². The molecule has 0 spiro atoms. The number of hydrogen-bond acceptors (Lipinski definition) is 2. The summed E-state index contributed by atoms with van der Waals surface area (Å²) in [5.74, 6) is 0. The zero-order chi connectivity index (χ0) is 13.9. The number of benzene rings is 1. The topological polar surface area (TPSA) is 50.6 Å². The molecule has 0 saturated carbocycles. The molecular formula is C13H20BrN2O2S+. The standard InChI is InChI=1S/C13H19BrN2O2S/c1-16-10-2-3-12(16)8-9-15-19(17,18)13-6-4-11(14)5-7-13/h4-7,12,15H,2-3,8-10H2,1H3/p+1/t12-/m1/s1. The molecule has 0 bridgehead atoms. The second-order valence-corrected chi connectivity index (χ2v) is 7.76. The first kappa shape index (κ1) is 15.0. The molecule has 4 nitrogen and oxygen atoms in total. The van der Waals surface area contributed by atoms with Gasteiger partial charge in [0.1, 0.15) is 0 Å². The number of nitrogens with one attached hydrogen (secondary N) is 2. The number of sulfonamides is 1. The van der Waals surface area contributed by atoms with Crippen LogP contribution in [0.2, 0.25) is 0 Å². The van der Waals surface area contributed by atoms with Crippen LogP contribution < -0.4 is 9.62 Å². The average Bonchev–Trinajstić information content (AvgIpc) is 2.75. The van der Waals surface area contributed by atoms with Crippen LogP contribution in [0, 0.1) is 0 Å². The summed E-state index contributed by atoms with van der Waals surface area (Å²) < 4.78 is 27.7. The smallest absolute Gasteiger partial charge is 0.240 e. The minimum Gasteiger partial charge on any atom is -0.335 e. The van der Waals surface area contributed by atoms with E-state index in [0.717, 1.165) is 10.9 Å². The molecule has 1 unspecified atom stereocenters. The lowest BCUT2D eigenvalue weighted by Gasteiger charge is -2.16. The van der Waals surface area contributed by atoms with Gasteiger partial charge in [0.2, 0.25) is 10.0 Å². The van der Waals surface area contributed by atoms with Crippen LogP contribution in [0.5, 0.6) is 0 Å². The van der Waals surface area contributed by atoms with Crippen molar-refractivity contribution in [3.63, 3.8) is 0 Å². The number of quaternary nitrogens is 1. The van der Waals surface area contributed by atoms with Gasteiger partial charge in [-0.3, -0.25) is 0 Å².